The molecule has 1 N–H and O–H groups in total. The standard InChI is InChI=1S/C21H23N3O4/c1-14(2)16-6-10-18(11-7-16)27-13-19(25)22-21-24-23-20(28-21)12-15-4-8-17(26-3)9-5-15/h4-11,14H,12-13H2,1-3H3,(H,22,24,25). The number of anilines is 1. The van der Waals surface area contributed by atoms with Crippen LogP contribution in [0.15, 0.2) is 52.9 Å². The van der Waals surface area contributed by atoms with Crippen molar-refractivity contribution in [3.63, 3.8) is 0 Å². The number of nitrogens with one attached hydrogen (secondary N) is 1. The van der Waals surface area contributed by atoms with E-state index in [1.54, 1.807) is 7.11 Å². The predicted molar refractivity (Wildman–Crippen MR) is 105 cm³/mol. The van der Waals surface area contributed by atoms with E-state index >= 15 is 0 Å². The maximum atomic E-state index is 12.0. The van der Waals surface area contributed by atoms with Crippen molar-refractivity contribution in [1.82, 2.24) is 10.2 Å². The largest absolute Gasteiger partial charge is 0.497 e. The van der Waals surface area contributed by atoms with E-state index in [2.05, 4.69) is 29.4 Å². The van der Waals surface area contributed by atoms with E-state index in [4.69, 9.17) is 13.9 Å². The Hall–Kier alpha value is -3.35. The van der Waals surface area contributed by atoms with Gasteiger partial charge in [-0.1, -0.05) is 43.2 Å². The van der Waals surface area contributed by atoms with Crippen LogP contribution in [-0.4, -0.2) is 29.8 Å². The predicted octanol–water partition coefficient (Wildman–Crippen LogP) is 3.81. The maximum absolute atomic E-state index is 12.0. The van der Waals surface area contributed by atoms with Crippen molar-refractivity contribution in [2.24, 2.45) is 0 Å². The van der Waals surface area contributed by atoms with Crippen LogP contribution in [-0.2, 0) is 11.2 Å². The van der Waals surface area contributed by atoms with E-state index in [9.17, 15) is 4.79 Å². The number of methoxy groups -OCH3 is 1. The Morgan fingerprint density at radius 3 is 2.36 bits per heavy atom. The number of rotatable bonds is 8. The summed E-state index contributed by atoms with van der Waals surface area (Å²) in [5.74, 6) is 1.89. The lowest BCUT2D eigenvalue weighted by Crippen LogP contribution is -2.20. The summed E-state index contributed by atoms with van der Waals surface area (Å²) in [7, 11) is 1.62. The molecular weight excluding hydrogens is 358 g/mol. The highest BCUT2D eigenvalue weighted by Gasteiger charge is 2.11. The number of aromatic nitrogens is 2. The third-order valence-corrected chi connectivity index (χ3v) is 4.14. The molecule has 0 fully saturated rings. The summed E-state index contributed by atoms with van der Waals surface area (Å²) in [5.41, 5.74) is 2.21. The average Bonchev–Trinajstić information content (AvgIpc) is 3.14. The van der Waals surface area contributed by atoms with Gasteiger partial charge in [0.25, 0.3) is 5.91 Å². The van der Waals surface area contributed by atoms with Gasteiger partial charge in [0.1, 0.15) is 11.5 Å². The molecule has 7 nitrogen and oxygen atoms in total. The molecule has 1 heterocycles. The Labute approximate surface area is 163 Å². The van der Waals surface area contributed by atoms with Crippen molar-refractivity contribution in [3.05, 3.63) is 65.5 Å². The maximum Gasteiger partial charge on any atom is 0.322 e. The van der Waals surface area contributed by atoms with Crippen LogP contribution in [0.2, 0.25) is 0 Å². The minimum atomic E-state index is -0.368. The molecule has 0 saturated carbocycles. The van der Waals surface area contributed by atoms with Crippen molar-refractivity contribution in [3.8, 4) is 11.5 Å². The smallest absolute Gasteiger partial charge is 0.322 e. The molecule has 0 aliphatic rings. The number of ether oxygens (including phenoxy) is 2. The Morgan fingerprint density at radius 2 is 1.71 bits per heavy atom. The lowest BCUT2D eigenvalue weighted by atomic mass is 10.0. The van der Waals surface area contributed by atoms with Gasteiger partial charge in [-0.2, -0.15) is 0 Å². The van der Waals surface area contributed by atoms with E-state index in [0.29, 0.717) is 24.0 Å². The SMILES string of the molecule is COc1ccc(Cc2nnc(NC(=O)COc3ccc(C(C)C)cc3)o2)cc1. The normalized spacial score (nSPS) is 10.7. The Kier molecular flexibility index (Phi) is 6.26. The zero-order valence-corrected chi connectivity index (χ0v) is 16.1. The Morgan fingerprint density at radius 1 is 1.04 bits per heavy atom. The summed E-state index contributed by atoms with van der Waals surface area (Å²) in [4.78, 5) is 12.0. The molecule has 28 heavy (non-hydrogen) atoms. The molecule has 0 bridgehead atoms. The van der Waals surface area contributed by atoms with E-state index in [1.807, 2.05) is 48.5 Å². The molecule has 146 valence electrons. The second-order valence-electron chi connectivity index (χ2n) is 6.59. The lowest BCUT2D eigenvalue weighted by molar-refractivity contribution is -0.118. The zero-order chi connectivity index (χ0) is 19.9. The number of hydrogen-bond acceptors (Lipinski definition) is 6. The van der Waals surface area contributed by atoms with Crippen molar-refractivity contribution in [2.45, 2.75) is 26.2 Å². The van der Waals surface area contributed by atoms with Crippen LogP contribution in [0.25, 0.3) is 0 Å². The minimum Gasteiger partial charge on any atom is -0.497 e. The number of hydrogen-bond donors (Lipinski definition) is 1. The van der Waals surface area contributed by atoms with E-state index in [1.165, 1.54) is 5.56 Å². The molecule has 0 radical (unpaired) electrons. The van der Waals surface area contributed by atoms with Gasteiger partial charge in [-0.3, -0.25) is 10.1 Å². The topological polar surface area (TPSA) is 86.5 Å². The van der Waals surface area contributed by atoms with Crippen LogP contribution in [0.4, 0.5) is 6.01 Å². The molecule has 0 unspecified atom stereocenters. The molecule has 0 spiro atoms. The summed E-state index contributed by atoms with van der Waals surface area (Å²) in [5, 5.41) is 10.3. The molecular formula is C21H23N3O4. The zero-order valence-electron chi connectivity index (χ0n) is 16.1. The first-order valence-corrected chi connectivity index (χ1v) is 9.01. The van der Waals surface area contributed by atoms with Gasteiger partial charge >= 0.3 is 6.01 Å². The van der Waals surface area contributed by atoms with Gasteiger partial charge in [0.15, 0.2) is 6.61 Å². The van der Waals surface area contributed by atoms with Gasteiger partial charge in [0, 0.05) is 0 Å². The van der Waals surface area contributed by atoms with Gasteiger partial charge in [-0.25, -0.2) is 0 Å². The molecule has 3 aromatic rings. The van der Waals surface area contributed by atoms with E-state index in [0.717, 1.165) is 11.3 Å². The van der Waals surface area contributed by atoms with Crippen molar-refractivity contribution < 1.29 is 18.7 Å². The van der Waals surface area contributed by atoms with Crippen LogP contribution in [0.1, 0.15) is 36.8 Å². The molecule has 0 aliphatic carbocycles. The summed E-state index contributed by atoms with van der Waals surface area (Å²) in [6, 6.07) is 15.3. The van der Waals surface area contributed by atoms with Gasteiger partial charge in [-0.15, -0.1) is 5.10 Å². The number of nitrogens with zero attached hydrogens (tertiary/aromatic N) is 2. The quantitative estimate of drug-likeness (QED) is 0.638. The molecule has 0 saturated heterocycles. The van der Waals surface area contributed by atoms with Crippen molar-refractivity contribution in [1.29, 1.82) is 0 Å². The van der Waals surface area contributed by atoms with Crippen LogP contribution < -0.4 is 14.8 Å². The molecule has 3 rings (SSSR count). The van der Waals surface area contributed by atoms with Crippen molar-refractivity contribution in [2.75, 3.05) is 19.0 Å². The second kappa shape index (κ2) is 9.03. The monoisotopic (exact) mass is 381 g/mol. The molecule has 7 heteroatoms. The average molecular weight is 381 g/mol. The summed E-state index contributed by atoms with van der Waals surface area (Å²) in [6.45, 7) is 4.10. The van der Waals surface area contributed by atoms with Crippen LogP contribution >= 0.6 is 0 Å². The Balaban J connectivity index is 1.49. The molecule has 0 atom stereocenters. The first kappa shape index (κ1) is 19.4. The minimum absolute atomic E-state index is 0.0484. The van der Waals surface area contributed by atoms with Gasteiger partial charge in [0.05, 0.1) is 13.5 Å². The third-order valence-electron chi connectivity index (χ3n) is 4.14. The fourth-order valence-electron chi connectivity index (χ4n) is 2.55. The number of carbonyl (C=O) groups is 1. The van der Waals surface area contributed by atoms with Crippen LogP contribution in [0, 0.1) is 0 Å². The fraction of sp³-hybridized carbons (Fsp3) is 0.286. The molecule has 0 aliphatic heterocycles. The van der Waals surface area contributed by atoms with E-state index < -0.39 is 0 Å². The Bertz CT molecular complexity index is 902. The molecule has 2 aromatic carbocycles. The first-order valence-electron chi connectivity index (χ1n) is 9.01. The second-order valence-corrected chi connectivity index (χ2v) is 6.59. The highest BCUT2D eigenvalue weighted by Crippen LogP contribution is 2.19. The van der Waals surface area contributed by atoms with Crippen LogP contribution in [0.5, 0.6) is 11.5 Å². The van der Waals surface area contributed by atoms with Gasteiger partial charge in [-0.05, 0) is 41.3 Å². The first-order chi connectivity index (χ1) is 13.5. The summed E-state index contributed by atoms with van der Waals surface area (Å²) in [6.07, 6.45) is 0.464. The van der Waals surface area contributed by atoms with Crippen LogP contribution in [0.3, 0.4) is 0 Å². The lowest BCUT2D eigenvalue weighted by Gasteiger charge is -2.08. The van der Waals surface area contributed by atoms with Crippen molar-refractivity contribution >= 4 is 11.9 Å². The number of benzene rings is 2. The van der Waals surface area contributed by atoms with E-state index in [-0.39, 0.29) is 18.5 Å². The highest BCUT2D eigenvalue weighted by atomic mass is 16.5. The summed E-state index contributed by atoms with van der Waals surface area (Å²) >= 11 is 0. The number of amides is 1. The third kappa shape index (κ3) is 5.33. The molecule has 1 aromatic heterocycles. The molecule has 1 amide bonds. The van der Waals surface area contributed by atoms with Gasteiger partial charge < -0.3 is 13.9 Å². The number of carbonyl (C=O) groups excluding carboxylic acids is 1. The highest BCUT2D eigenvalue weighted by molar-refractivity contribution is 5.89. The fourth-order valence-corrected chi connectivity index (χ4v) is 2.55. The van der Waals surface area contributed by atoms with Gasteiger partial charge in [0.2, 0.25) is 5.89 Å². The summed E-state index contributed by atoms with van der Waals surface area (Å²) < 4.78 is 16.1.